The number of aromatic nitrogens is 1. The number of fused-ring (bicyclic) bond motifs is 1. The van der Waals surface area contributed by atoms with Crippen LogP contribution in [0.5, 0.6) is 5.75 Å². The van der Waals surface area contributed by atoms with Gasteiger partial charge in [-0.15, -0.1) is 0 Å². The van der Waals surface area contributed by atoms with Crippen LogP contribution in [-0.4, -0.2) is 40.7 Å². The largest absolute Gasteiger partial charge is 0.489 e. The summed E-state index contributed by atoms with van der Waals surface area (Å²) in [5.41, 5.74) is 5.09. The van der Waals surface area contributed by atoms with Crippen LogP contribution in [0.15, 0.2) is 60.7 Å². The molecule has 5 rings (SSSR count). The summed E-state index contributed by atoms with van der Waals surface area (Å²) in [5, 5.41) is 0. The van der Waals surface area contributed by atoms with Crippen molar-refractivity contribution in [2.75, 3.05) is 13.2 Å². The number of hydrogen-bond acceptors (Lipinski definition) is 6. The lowest BCUT2D eigenvalue weighted by Gasteiger charge is -2.36. The van der Waals surface area contributed by atoms with Crippen LogP contribution in [0.25, 0.3) is 0 Å². The standard InChI is InChI=1S/C38H48N2O5/c1-5-43-36(41)33-23-22-31-32(39-33)15-11-16-34(31)40(37(42)45-38(2,3)4)25-24-30-14-9-10-17-35(30)44-26-27-18-20-29(21-19-27)28-12-7-6-8-13-28/h9-10,14,17-23,28,34H,5-8,11-13,15-16,24-26H2,1-4H3. The number of carbonyl (C=O) groups excluding carboxylic acids is 2. The van der Waals surface area contributed by atoms with Crippen molar-refractivity contribution < 1.29 is 23.8 Å². The van der Waals surface area contributed by atoms with Crippen LogP contribution in [0, 0.1) is 0 Å². The van der Waals surface area contributed by atoms with E-state index in [9.17, 15) is 9.59 Å². The van der Waals surface area contributed by atoms with Gasteiger partial charge in [-0.25, -0.2) is 14.6 Å². The van der Waals surface area contributed by atoms with Crippen molar-refractivity contribution in [1.29, 1.82) is 0 Å². The van der Waals surface area contributed by atoms with Crippen LogP contribution < -0.4 is 4.74 Å². The molecule has 1 amide bonds. The Bertz CT molecular complexity index is 1440. The summed E-state index contributed by atoms with van der Waals surface area (Å²) in [6.45, 7) is 8.67. The van der Waals surface area contributed by atoms with Crippen LogP contribution in [-0.2, 0) is 28.9 Å². The molecule has 1 saturated carbocycles. The van der Waals surface area contributed by atoms with Gasteiger partial charge in [-0.2, -0.15) is 0 Å². The fraction of sp³-hybridized carbons (Fsp3) is 0.500. The number of para-hydroxylation sites is 1. The van der Waals surface area contributed by atoms with Gasteiger partial charge in [0.25, 0.3) is 0 Å². The number of rotatable bonds is 10. The maximum Gasteiger partial charge on any atom is 0.410 e. The minimum Gasteiger partial charge on any atom is -0.489 e. The second-order valence-electron chi connectivity index (χ2n) is 13.3. The third-order valence-corrected chi connectivity index (χ3v) is 8.79. The van der Waals surface area contributed by atoms with E-state index in [2.05, 4.69) is 35.3 Å². The Morgan fingerprint density at radius 3 is 2.40 bits per heavy atom. The number of carbonyl (C=O) groups is 2. The number of esters is 1. The molecule has 1 fully saturated rings. The number of nitrogens with zero attached hydrogens (tertiary/aromatic N) is 2. The molecule has 7 heteroatoms. The van der Waals surface area contributed by atoms with Crippen molar-refractivity contribution >= 4 is 12.1 Å². The zero-order chi connectivity index (χ0) is 31.8. The van der Waals surface area contributed by atoms with E-state index in [4.69, 9.17) is 14.2 Å². The van der Waals surface area contributed by atoms with E-state index in [1.54, 1.807) is 13.0 Å². The van der Waals surface area contributed by atoms with Crippen LogP contribution >= 0.6 is 0 Å². The minimum atomic E-state index is -0.633. The van der Waals surface area contributed by atoms with Crippen molar-refractivity contribution in [2.24, 2.45) is 0 Å². The molecule has 2 aliphatic rings. The molecule has 0 bridgehead atoms. The van der Waals surface area contributed by atoms with E-state index in [0.29, 0.717) is 37.8 Å². The highest BCUT2D eigenvalue weighted by atomic mass is 16.6. The first-order chi connectivity index (χ1) is 21.7. The van der Waals surface area contributed by atoms with Crippen LogP contribution in [0.3, 0.4) is 0 Å². The predicted molar refractivity (Wildman–Crippen MR) is 176 cm³/mol. The first kappa shape index (κ1) is 32.5. The van der Waals surface area contributed by atoms with Crippen molar-refractivity contribution in [2.45, 2.75) is 110 Å². The van der Waals surface area contributed by atoms with Gasteiger partial charge in [0.1, 0.15) is 23.7 Å². The summed E-state index contributed by atoms with van der Waals surface area (Å²) in [7, 11) is 0. The number of ether oxygens (including phenoxy) is 3. The van der Waals surface area contributed by atoms with E-state index in [0.717, 1.165) is 47.4 Å². The number of hydrogen-bond donors (Lipinski definition) is 0. The predicted octanol–water partition coefficient (Wildman–Crippen LogP) is 8.74. The molecule has 3 aromatic rings. The van der Waals surface area contributed by atoms with Gasteiger partial charge in [-0.1, -0.05) is 67.8 Å². The van der Waals surface area contributed by atoms with E-state index >= 15 is 0 Å². The lowest BCUT2D eigenvalue weighted by atomic mass is 9.84. The van der Waals surface area contributed by atoms with E-state index in [1.807, 2.05) is 49.9 Å². The van der Waals surface area contributed by atoms with Crippen molar-refractivity contribution in [3.8, 4) is 5.75 Å². The number of pyridine rings is 1. The molecule has 7 nitrogen and oxygen atoms in total. The summed E-state index contributed by atoms with van der Waals surface area (Å²) < 4.78 is 17.4. The van der Waals surface area contributed by atoms with Gasteiger partial charge in [0.2, 0.25) is 0 Å². The SMILES string of the molecule is CCOC(=O)c1ccc2c(n1)CCCC2N(CCc1ccccc1OCc1ccc(C2CCCCC2)cc1)C(=O)OC(C)(C)C. The van der Waals surface area contributed by atoms with E-state index in [1.165, 1.54) is 37.7 Å². The smallest absolute Gasteiger partial charge is 0.410 e. The summed E-state index contributed by atoms with van der Waals surface area (Å²) in [6.07, 6.45) is 9.26. The highest BCUT2D eigenvalue weighted by Gasteiger charge is 2.33. The average molecular weight is 613 g/mol. The minimum absolute atomic E-state index is 0.205. The summed E-state index contributed by atoms with van der Waals surface area (Å²) in [5.74, 6) is 1.08. The lowest BCUT2D eigenvalue weighted by Crippen LogP contribution is -2.41. The Hall–Kier alpha value is -3.87. The van der Waals surface area contributed by atoms with Crippen molar-refractivity contribution in [1.82, 2.24) is 9.88 Å². The third kappa shape index (κ3) is 8.65. The van der Waals surface area contributed by atoms with Gasteiger partial charge < -0.3 is 19.1 Å². The normalized spacial score (nSPS) is 16.8. The molecule has 2 aromatic carbocycles. The molecular formula is C38H48N2O5. The molecule has 0 N–H and O–H groups in total. The Morgan fingerprint density at radius 2 is 1.67 bits per heavy atom. The van der Waals surface area contributed by atoms with Crippen LogP contribution in [0.1, 0.15) is 123 Å². The monoisotopic (exact) mass is 612 g/mol. The maximum atomic E-state index is 13.7. The Labute approximate surface area is 268 Å². The van der Waals surface area contributed by atoms with Crippen LogP contribution in [0.4, 0.5) is 4.79 Å². The summed E-state index contributed by atoms with van der Waals surface area (Å²) in [6, 6.07) is 20.4. The van der Waals surface area contributed by atoms with Gasteiger partial charge in [-0.3, -0.25) is 0 Å². The third-order valence-electron chi connectivity index (χ3n) is 8.79. The molecule has 0 radical (unpaired) electrons. The fourth-order valence-corrected chi connectivity index (χ4v) is 6.55. The molecule has 45 heavy (non-hydrogen) atoms. The van der Waals surface area contributed by atoms with Gasteiger partial charge in [0.15, 0.2) is 0 Å². The molecule has 240 valence electrons. The van der Waals surface area contributed by atoms with E-state index in [-0.39, 0.29) is 12.1 Å². The highest BCUT2D eigenvalue weighted by Crippen LogP contribution is 2.36. The topological polar surface area (TPSA) is 78.0 Å². The molecule has 1 heterocycles. The Balaban J connectivity index is 1.30. The quantitative estimate of drug-likeness (QED) is 0.213. The summed E-state index contributed by atoms with van der Waals surface area (Å²) in [4.78, 5) is 32.5. The van der Waals surface area contributed by atoms with Gasteiger partial charge in [0.05, 0.1) is 12.6 Å². The molecular weight excluding hydrogens is 564 g/mol. The first-order valence-corrected chi connectivity index (χ1v) is 16.7. The molecule has 0 saturated heterocycles. The van der Waals surface area contributed by atoms with Crippen molar-refractivity contribution in [3.63, 3.8) is 0 Å². The number of benzene rings is 2. The zero-order valence-electron chi connectivity index (χ0n) is 27.3. The molecule has 0 aliphatic heterocycles. The van der Waals surface area contributed by atoms with Gasteiger partial charge in [-0.05, 0) is 107 Å². The lowest BCUT2D eigenvalue weighted by molar-refractivity contribution is 0.0140. The average Bonchev–Trinajstić information content (AvgIpc) is 3.04. The molecule has 0 spiro atoms. The number of amides is 1. The maximum absolute atomic E-state index is 13.7. The molecule has 2 aliphatic carbocycles. The van der Waals surface area contributed by atoms with E-state index < -0.39 is 11.6 Å². The second-order valence-corrected chi connectivity index (χ2v) is 13.3. The summed E-state index contributed by atoms with van der Waals surface area (Å²) >= 11 is 0. The Kier molecular flexibility index (Phi) is 10.8. The zero-order valence-corrected chi connectivity index (χ0v) is 27.3. The van der Waals surface area contributed by atoms with Gasteiger partial charge in [0, 0.05) is 12.2 Å². The fourth-order valence-electron chi connectivity index (χ4n) is 6.55. The molecule has 1 aromatic heterocycles. The first-order valence-electron chi connectivity index (χ1n) is 16.7. The number of aryl methyl sites for hydroxylation is 1. The van der Waals surface area contributed by atoms with Crippen molar-refractivity contribution in [3.05, 3.63) is 94.3 Å². The highest BCUT2D eigenvalue weighted by molar-refractivity contribution is 5.87. The van der Waals surface area contributed by atoms with Crippen LogP contribution in [0.2, 0.25) is 0 Å². The van der Waals surface area contributed by atoms with Gasteiger partial charge >= 0.3 is 12.1 Å². The molecule has 1 atom stereocenters. The Morgan fingerprint density at radius 1 is 0.911 bits per heavy atom. The molecule has 1 unspecified atom stereocenters. The second kappa shape index (κ2) is 14.9.